The van der Waals surface area contributed by atoms with Crippen molar-refractivity contribution in [3.8, 4) is 0 Å². The lowest BCUT2D eigenvalue weighted by Gasteiger charge is -2.26. The predicted octanol–water partition coefficient (Wildman–Crippen LogP) is 3.74. The first-order valence-electron chi connectivity index (χ1n) is 9.72. The minimum Gasteiger partial charge on any atom is -0.378 e. The topological polar surface area (TPSA) is 49.9 Å². The summed E-state index contributed by atoms with van der Waals surface area (Å²) in [6.07, 6.45) is 1.85. The fourth-order valence-electron chi connectivity index (χ4n) is 3.59. The first-order valence-corrected chi connectivity index (χ1v) is 11.2. The Kier molecular flexibility index (Phi) is 6.43. The summed E-state index contributed by atoms with van der Waals surface area (Å²) >= 11 is 0. The third-order valence-corrected chi connectivity index (χ3v) is 7.16. The summed E-state index contributed by atoms with van der Waals surface area (Å²) in [5.41, 5.74) is 3.89. The predicted molar refractivity (Wildman–Crippen MR) is 113 cm³/mol. The van der Waals surface area contributed by atoms with Crippen LogP contribution in [0.25, 0.3) is 0 Å². The quantitative estimate of drug-likeness (QED) is 0.708. The molecule has 2 aromatic carbocycles. The van der Waals surface area contributed by atoms with Gasteiger partial charge in [0.25, 0.3) is 0 Å². The molecule has 5 nitrogen and oxygen atoms in total. The maximum atomic E-state index is 13.5. The van der Waals surface area contributed by atoms with Gasteiger partial charge in [0.05, 0.1) is 11.0 Å². The van der Waals surface area contributed by atoms with Crippen LogP contribution >= 0.6 is 0 Å². The van der Waals surface area contributed by atoms with E-state index in [2.05, 4.69) is 0 Å². The minimum atomic E-state index is -3.62. The van der Waals surface area contributed by atoms with E-state index in [1.54, 1.807) is 10.4 Å². The van der Waals surface area contributed by atoms with Crippen LogP contribution < -0.4 is 4.90 Å². The van der Waals surface area contributed by atoms with Gasteiger partial charge in [-0.25, -0.2) is 8.42 Å². The number of nitrogens with zero attached hydrogens (tertiary/aromatic N) is 2. The van der Waals surface area contributed by atoms with E-state index in [9.17, 15) is 8.42 Å². The lowest BCUT2D eigenvalue weighted by atomic mass is 10.2. The highest BCUT2D eigenvalue weighted by Gasteiger charge is 2.30. The molecule has 1 atom stereocenters. The highest BCUT2D eigenvalue weighted by molar-refractivity contribution is 7.89. The molecule has 3 rings (SSSR count). The van der Waals surface area contributed by atoms with Crippen LogP contribution in [0, 0.1) is 13.8 Å². The molecule has 6 heteroatoms. The molecule has 152 valence electrons. The summed E-state index contributed by atoms with van der Waals surface area (Å²) < 4.78 is 34.3. The molecule has 1 aliphatic heterocycles. The molecule has 1 fully saturated rings. The highest BCUT2D eigenvalue weighted by Crippen LogP contribution is 2.25. The van der Waals surface area contributed by atoms with Gasteiger partial charge in [-0.1, -0.05) is 29.8 Å². The number of anilines is 1. The number of hydrogen-bond acceptors (Lipinski definition) is 4. The number of benzene rings is 2. The van der Waals surface area contributed by atoms with Crippen LogP contribution in [0.4, 0.5) is 5.69 Å². The molecule has 28 heavy (non-hydrogen) atoms. The van der Waals surface area contributed by atoms with E-state index in [1.165, 1.54) is 0 Å². The Morgan fingerprint density at radius 2 is 1.79 bits per heavy atom. The third-order valence-electron chi connectivity index (χ3n) is 5.19. The molecule has 0 amide bonds. The molecule has 0 aromatic heterocycles. The van der Waals surface area contributed by atoms with E-state index in [0.29, 0.717) is 24.6 Å². The summed E-state index contributed by atoms with van der Waals surface area (Å²) in [5, 5.41) is 0. The fraction of sp³-hybridized carbons (Fsp3) is 0.455. The summed E-state index contributed by atoms with van der Waals surface area (Å²) in [4.78, 5) is 2.40. The van der Waals surface area contributed by atoms with Gasteiger partial charge < -0.3 is 9.64 Å². The van der Waals surface area contributed by atoms with Gasteiger partial charge in [-0.3, -0.25) is 0 Å². The summed E-state index contributed by atoms with van der Waals surface area (Å²) in [6, 6.07) is 13.5. The maximum Gasteiger partial charge on any atom is 0.243 e. The van der Waals surface area contributed by atoms with Gasteiger partial charge in [0.1, 0.15) is 0 Å². The zero-order valence-electron chi connectivity index (χ0n) is 17.2. The van der Waals surface area contributed by atoms with Crippen LogP contribution in [0.15, 0.2) is 47.4 Å². The van der Waals surface area contributed by atoms with E-state index in [-0.39, 0.29) is 6.10 Å². The third kappa shape index (κ3) is 4.74. The Morgan fingerprint density at radius 1 is 1.07 bits per heavy atom. The highest BCUT2D eigenvalue weighted by atomic mass is 32.2. The lowest BCUT2D eigenvalue weighted by molar-refractivity contribution is 0.0926. The number of aryl methyl sites for hydroxylation is 2. The molecule has 2 aromatic rings. The smallest absolute Gasteiger partial charge is 0.243 e. The van der Waals surface area contributed by atoms with E-state index < -0.39 is 10.0 Å². The van der Waals surface area contributed by atoms with Crippen molar-refractivity contribution in [2.24, 2.45) is 0 Å². The molecule has 0 saturated carbocycles. The van der Waals surface area contributed by atoms with E-state index in [4.69, 9.17) is 4.74 Å². The van der Waals surface area contributed by atoms with Crippen molar-refractivity contribution in [1.29, 1.82) is 0 Å². The van der Waals surface area contributed by atoms with Crippen molar-refractivity contribution in [2.45, 2.75) is 44.2 Å². The molecule has 0 unspecified atom stereocenters. The normalized spacial score (nSPS) is 17.2. The van der Waals surface area contributed by atoms with Gasteiger partial charge in [0.15, 0.2) is 0 Å². The zero-order chi connectivity index (χ0) is 20.3. The average Bonchev–Trinajstić information content (AvgIpc) is 3.14. The SMILES string of the molecule is Cc1ccc(S(=O)(=O)N(Cc2ccc(N(C)C)cc2)C[C@@H]2CCCO2)c(C)c1. The van der Waals surface area contributed by atoms with Gasteiger partial charge >= 0.3 is 0 Å². The average molecular weight is 403 g/mol. The summed E-state index contributed by atoms with van der Waals surface area (Å²) in [7, 11) is 0.361. The molecular weight excluding hydrogens is 372 g/mol. The monoisotopic (exact) mass is 402 g/mol. The van der Waals surface area contributed by atoms with Crippen LogP contribution in [0.2, 0.25) is 0 Å². The van der Waals surface area contributed by atoms with Crippen molar-refractivity contribution in [1.82, 2.24) is 4.31 Å². The molecule has 1 saturated heterocycles. The Morgan fingerprint density at radius 3 is 2.36 bits per heavy atom. The number of sulfonamides is 1. The van der Waals surface area contributed by atoms with E-state index >= 15 is 0 Å². The second-order valence-electron chi connectivity index (χ2n) is 7.76. The zero-order valence-corrected chi connectivity index (χ0v) is 18.0. The standard InChI is InChI=1S/C22H30N2O3S/c1-17-7-12-22(18(2)14-17)28(25,26)24(16-21-6-5-13-27-21)15-19-8-10-20(11-9-19)23(3)4/h7-12,14,21H,5-6,13,15-16H2,1-4H3/t21-/m0/s1. The van der Waals surface area contributed by atoms with Crippen LogP contribution in [0.1, 0.15) is 29.5 Å². The van der Waals surface area contributed by atoms with Gasteiger partial charge in [-0.2, -0.15) is 4.31 Å². The Labute approximate surface area is 169 Å². The Bertz CT molecular complexity index is 902. The molecule has 0 spiro atoms. The Hall–Kier alpha value is -1.89. The largest absolute Gasteiger partial charge is 0.378 e. The van der Waals surface area contributed by atoms with Gasteiger partial charge in [-0.15, -0.1) is 0 Å². The van der Waals surface area contributed by atoms with Crippen LogP contribution in [-0.4, -0.2) is 46.1 Å². The molecule has 0 bridgehead atoms. The Balaban J connectivity index is 1.91. The van der Waals surface area contributed by atoms with Crippen molar-refractivity contribution >= 4 is 15.7 Å². The fourth-order valence-corrected chi connectivity index (χ4v) is 5.26. The molecule has 1 heterocycles. The van der Waals surface area contributed by atoms with Crippen LogP contribution in [0.3, 0.4) is 0 Å². The van der Waals surface area contributed by atoms with E-state index in [1.807, 2.05) is 69.2 Å². The minimum absolute atomic E-state index is 0.0402. The lowest BCUT2D eigenvalue weighted by Crippen LogP contribution is -2.37. The number of ether oxygens (including phenoxy) is 1. The van der Waals surface area contributed by atoms with Gasteiger partial charge in [-0.05, 0) is 56.0 Å². The van der Waals surface area contributed by atoms with Crippen molar-refractivity contribution < 1.29 is 13.2 Å². The van der Waals surface area contributed by atoms with Crippen molar-refractivity contribution in [3.63, 3.8) is 0 Å². The molecule has 0 aliphatic carbocycles. The van der Waals surface area contributed by atoms with Crippen molar-refractivity contribution in [3.05, 3.63) is 59.2 Å². The first-order chi connectivity index (χ1) is 13.3. The van der Waals surface area contributed by atoms with Crippen LogP contribution in [-0.2, 0) is 21.3 Å². The molecule has 0 N–H and O–H groups in total. The van der Waals surface area contributed by atoms with Gasteiger partial charge in [0, 0.05) is 39.5 Å². The first kappa shape index (κ1) is 20.8. The summed E-state index contributed by atoms with van der Waals surface area (Å²) in [5.74, 6) is 0. The second kappa shape index (κ2) is 8.64. The number of rotatable bonds is 7. The molecule has 1 aliphatic rings. The molecular formula is C22H30N2O3S. The summed E-state index contributed by atoms with van der Waals surface area (Å²) in [6.45, 7) is 5.25. The van der Waals surface area contributed by atoms with Crippen LogP contribution in [0.5, 0.6) is 0 Å². The maximum absolute atomic E-state index is 13.5. The second-order valence-corrected chi connectivity index (χ2v) is 9.67. The number of hydrogen-bond donors (Lipinski definition) is 0. The van der Waals surface area contributed by atoms with Crippen molar-refractivity contribution in [2.75, 3.05) is 32.1 Å². The molecule has 0 radical (unpaired) electrons. The van der Waals surface area contributed by atoms with E-state index in [0.717, 1.165) is 35.2 Å². The van der Waals surface area contributed by atoms with Gasteiger partial charge in [0.2, 0.25) is 10.0 Å².